The second kappa shape index (κ2) is 5.99. The number of hydrogen-bond acceptors (Lipinski definition) is 5. The molecule has 0 saturated carbocycles. The highest BCUT2D eigenvalue weighted by molar-refractivity contribution is 5.80. The third-order valence-corrected chi connectivity index (χ3v) is 4.12. The average Bonchev–Trinajstić information content (AvgIpc) is 3.07. The number of carbonyl (C=O) groups is 1. The monoisotopic (exact) mass is 305 g/mol. The van der Waals surface area contributed by atoms with Gasteiger partial charge in [-0.2, -0.15) is 0 Å². The Balaban J connectivity index is 1.70. The quantitative estimate of drug-likeness (QED) is 0.615. The van der Waals surface area contributed by atoms with Gasteiger partial charge in [-0.05, 0) is 26.3 Å². The van der Waals surface area contributed by atoms with Crippen molar-refractivity contribution in [2.24, 2.45) is 0 Å². The average molecular weight is 305 g/mol. The number of carbonyl (C=O) groups excluding carboxylic acids is 1. The fourth-order valence-electron chi connectivity index (χ4n) is 3.10. The Kier molecular flexibility index (Phi) is 4.21. The molecule has 2 heterocycles. The van der Waals surface area contributed by atoms with Gasteiger partial charge in [-0.1, -0.05) is 30.3 Å². The van der Waals surface area contributed by atoms with Crippen LogP contribution in [0.2, 0.25) is 0 Å². The topological polar surface area (TPSA) is 47.8 Å². The molecule has 3 rings (SSSR count). The lowest BCUT2D eigenvalue weighted by atomic mass is 10.2. The van der Waals surface area contributed by atoms with Crippen LogP contribution in [-0.4, -0.2) is 48.1 Å². The Hall–Kier alpha value is -1.43. The molecule has 0 amide bonds. The summed E-state index contributed by atoms with van der Waals surface area (Å²) in [4.78, 5) is 14.3. The van der Waals surface area contributed by atoms with Crippen molar-refractivity contribution in [1.29, 1.82) is 0 Å². The van der Waals surface area contributed by atoms with Crippen molar-refractivity contribution in [3.8, 4) is 0 Å². The Bertz CT molecular complexity index is 531. The van der Waals surface area contributed by atoms with Gasteiger partial charge >= 0.3 is 5.97 Å². The second-order valence-electron chi connectivity index (χ2n) is 6.21. The first-order valence-corrected chi connectivity index (χ1v) is 7.80. The Morgan fingerprint density at radius 2 is 2.09 bits per heavy atom. The summed E-state index contributed by atoms with van der Waals surface area (Å²) in [7, 11) is 0. The minimum absolute atomic E-state index is 0.0287. The summed E-state index contributed by atoms with van der Waals surface area (Å²) in [6, 6.07) is 9.92. The molecule has 0 bridgehead atoms. The molecule has 1 unspecified atom stereocenters. The first-order chi connectivity index (χ1) is 10.5. The molecule has 0 aromatic heterocycles. The molecule has 2 saturated heterocycles. The second-order valence-corrected chi connectivity index (χ2v) is 6.21. The molecular formula is C17H23NO4. The summed E-state index contributed by atoms with van der Waals surface area (Å²) in [5.41, 5.74) is 1.18. The Labute approximate surface area is 131 Å². The highest BCUT2D eigenvalue weighted by Crippen LogP contribution is 2.39. The van der Waals surface area contributed by atoms with Crippen molar-refractivity contribution in [2.75, 3.05) is 13.2 Å². The van der Waals surface area contributed by atoms with E-state index in [4.69, 9.17) is 14.2 Å². The summed E-state index contributed by atoms with van der Waals surface area (Å²) >= 11 is 0. The van der Waals surface area contributed by atoms with E-state index in [0.717, 1.165) is 6.54 Å². The molecule has 0 spiro atoms. The molecule has 1 aromatic rings. The van der Waals surface area contributed by atoms with Gasteiger partial charge < -0.3 is 14.2 Å². The van der Waals surface area contributed by atoms with E-state index in [1.165, 1.54) is 5.56 Å². The minimum atomic E-state index is -0.578. The van der Waals surface area contributed by atoms with Crippen LogP contribution in [0.25, 0.3) is 0 Å². The van der Waals surface area contributed by atoms with Gasteiger partial charge in [0.1, 0.15) is 12.1 Å². The van der Waals surface area contributed by atoms with Crippen LogP contribution in [0.3, 0.4) is 0 Å². The fourth-order valence-corrected chi connectivity index (χ4v) is 3.10. The van der Waals surface area contributed by atoms with E-state index in [2.05, 4.69) is 17.0 Å². The Morgan fingerprint density at radius 1 is 1.36 bits per heavy atom. The van der Waals surface area contributed by atoms with Crippen LogP contribution in [-0.2, 0) is 25.5 Å². The van der Waals surface area contributed by atoms with E-state index >= 15 is 0 Å². The lowest BCUT2D eigenvalue weighted by Crippen LogP contribution is -2.27. The number of hydrogen-bond donors (Lipinski definition) is 0. The van der Waals surface area contributed by atoms with Crippen LogP contribution in [0, 0.1) is 0 Å². The molecule has 120 valence electrons. The van der Waals surface area contributed by atoms with Crippen molar-refractivity contribution < 1.29 is 19.0 Å². The normalized spacial score (nSPS) is 32.7. The number of esters is 1. The molecule has 2 aliphatic heterocycles. The van der Waals surface area contributed by atoms with Crippen LogP contribution < -0.4 is 0 Å². The molecule has 5 heteroatoms. The lowest BCUT2D eigenvalue weighted by Gasteiger charge is -2.17. The fraction of sp³-hybridized carbons (Fsp3) is 0.588. The van der Waals surface area contributed by atoms with Crippen molar-refractivity contribution in [2.45, 2.75) is 51.3 Å². The van der Waals surface area contributed by atoms with E-state index in [1.54, 1.807) is 0 Å². The van der Waals surface area contributed by atoms with Gasteiger partial charge in [0, 0.05) is 6.54 Å². The predicted molar refractivity (Wildman–Crippen MR) is 81.1 cm³/mol. The van der Waals surface area contributed by atoms with Crippen molar-refractivity contribution >= 4 is 5.97 Å². The molecule has 0 radical (unpaired) electrons. The smallest absolute Gasteiger partial charge is 0.325 e. The first-order valence-electron chi connectivity index (χ1n) is 7.80. The van der Waals surface area contributed by atoms with Gasteiger partial charge in [0.15, 0.2) is 5.79 Å². The van der Waals surface area contributed by atoms with Crippen molar-refractivity contribution in [3.05, 3.63) is 35.9 Å². The van der Waals surface area contributed by atoms with Gasteiger partial charge in [0.2, 0.25) is 0 Å². The third kappa shape index (κ3) is 3.16. The summed E-state index contributed by atoms with van der Waals surface area (Å²) in [6.07, 6.45) is -0.0897. The van der Waals surface area contributed by atoms with Crippen LogP contribution in [0.5, 0.6) is 0 Å². The van der Waals surface area contributed by atoms with Gasteiger partial charge in [-0.25, -0.2) is 0 Å². The molecular weight excluding hydrogens is 282 g/mol. The maximum Gasteiger partial charge on any atom is 0.325 e. The van der Waals surface area contributed by atoms with Crippen LogP contribution in [0.4, 0.5) is 0 Å². The number of ether oxygens (including phenoxy) is 3. The SMILES string of the molecule is CCOC(=O)[C@H]1[C@H]([C@H]2COC(C)(C)O2)N1Cc1ccccc1. The lowest BCUT2D eigenvalue weighted by molar-refractivity contribution is -0.145. The minimum Gasteiger partial charge on any atom is -0.465 e. The molecule has 1 aromatic carbocycles. The van der Waals surface area contributed by atoms with Crippen LogP contribution in [0.1, 0.15) is 26.3 Å². The van der Waals surface area contributed by atoms with Gasteiger partial charge in [-0.15, -0.1) is 0 Å². The Morgan fingerprint density at radius 3 is 2.68 bits per heavy atom. The van der Waals surface area contributed by atoms with E-state index in [9.17, 15) is 4.79 Å². The maximum atomic E-state index is 12.2. The number of benzene rings is 1. The molecule has 2 aliphatic rings. The molecule has 4 atom stereocenters. The van der Waals surface area contributed by atoms with Crippen molar-refractivity contribution in [3.63, 3.8) is 0 Å². The molecule has 0 aliphatic carbocycles. The zero-order valence-electron chi connectivity index (χ0n) is 13.3. The molecule has 22 heavy (non-hydrogen) atoms. The van der Waals surface area contributed by atoms with Crippen LogP contribution in [0.15, 0.2) is 30.3 Å². The predicted octanol–water partition coefficient (Wildman–Crippen LogP) is 1.95. The summed E-state index contributed by atoms with van der Waals surface area (Å²) < 4.78 is 16.8. The highest BCUT2D eigenvalue weighted by atomic mass is 16.7. The number of rotatable bonds is 5. The number of nitrogens with zero attached hydrogens (tertiary/aromatic N) is 1. The molecule has 5 nitrogen and oxygen atoms in total. The van der Waals surface area contributed by atoms with Crippen molar-refractivity contribution in [1.82, 2.24) is 4.90 Å². The standard InChI is InChI=1S/C17H23NO4/c1-4-20-16(19)15-14(13-11-21-17(2,3)22-13)18(15)10-12-8-6-5-7-9-12/h5-9,13-15H,4,10-11H2,1-3H3/t13-,14+,15-,18?/m1/s1. The summed E-state index contributed by atoms with van der Waals surface area (Å²) in [5, 5.41) is 0. The van der Waals surface area contributed by atoms with E-state index in [0.29, 0.717) is 13.2 Å². The summed E-state index contributed by atoms with van der Waals surface area (Å²) in [5.74, 6) is -0.748. The zero-order valence-corrected chi connectivity index (χ0v) is 13.3. The van der Waals surface area contributed by atoms with Gasteiger partial charge in [-0.3, -0.25) is 9.69 Å². The molecule has 0 N–H and O–H groups in total. The largest absolute Gasteiger partial charge is 0.465 e. The van der Waals surface area contributed by atoms with E-state index in [1.807, 2.05) is 39.0 Å². The van der Waals surface area contributed by atoms with E-state index in [-0.39, 0.29) is 24.2 Å². The van der Waals surface area contributed by atoms with Gasteiger partial charge in [0.25, 0.3) is 0 Å². The maximum absolute atomic E-state index is 12.2. The third-order valence-electron chi connectivity index (χ3n) is 4.12. The highest BCUT2D eigenvalue weighted by Gasteiger charge is 2.59. The van der Waals surface area contributed by atoms with Gasteiger partial charge in [0.05, 0.1) is 19.3 Å². The first kappa shape index (κ1) is 15.5. The zero-order chi connectivity index (χ0) is 15.7. The van der Waals surface area contributed by atoms with E-state index < -0.39 is 5.79 Å². The van der Waals surface area contributed by atoms with Crippen LogP contribution >= 0.6 is 0 Å². The summed E-state index contributed by atoms with van der Waals surface area (Å²) in [6.45, 7) is 7.25. The molecule has 2 fully saturated rings.